The van der Waals surface area contributed by atoms with Gasteiger partial charge in [-0.3, -0.25) is 4.68 Å². The summed E-state index contributed by atoms with van der Waals surface area (Å²) in [4.78, 5) is 17.8. The Morgan fingerprint density at radius 2 is 1.84 bits per heavy atom. The molecule has 0 saturated heterocycles. The number of carbonyl (C=O) groups is 1. The zero-order valence-corrected chi connectivity index (χ0v) is 24.4. The Balaban J connectivity index is 1.53. The Labute approximate surface area is 228 Å². The molecule has 0 bridgehead atoms. The van der Waals surface area contributed by atoms with Crippen LogP contribution in [0.1, 0.15) is 70.0 Å². The van der Waals surface area contributed by atoms with Gasteiger partial charge in [-0.1, -0.05) is 6.07 Å². The first-order valence-electron chi connectivity index (χ1n) is 13.0. The minimum Gasteiger partial charge on any atom is -0.447 e. The van der Waals surface area contributed by atoms with Crippen molar-refractivity contribution in [1.29, 1.82) is 0 Å². The van der Waals surface area contributed by atoms with Gasteiger partial charge in [0.25, 0.3) is 0 Å². The number of amides is 1. The van der Waals surface area contributed by atoms with E-state index in [-0.39, 0.29) is 29.1 Å². The van der Waals surface area contributed by atoms with Crippen LogP contribution in [0.5, 0.6) is 0 Å². The summed E-state index contributed by atoms with van der Waals surface area (Å²) in [5.41, 5.74) is 2.33. The third-order valence-electron chi connectivity index (χ3n) is 6.83. The van der Waals surface area contributed by atoms with Crippen LogP contribution in [0.15, 0.2) is 35.4 Å². The second-order valence-electron chi connectivity index (χ2n) is 10.4. The van der Waals surface area contributed by atoms with Crippen LogP contribution in [0.4, 0.5) is 16.3 Å². The number of anilines is 2. The van der Waals surface area contributed by atoms with Crippen LogP contribution >= 0.6 is 11.3 Å². The maximum Gasteiger partial charge on any atom is 0.407 e. The normalized spacial score (nSPS) is 18.1. The number of sulfone groups is 1. The van der Waals surface area contributed by atoms with Crippen LogP contribution in [0.2, 0.25) is 0 Å². The highest BCUT2D eigenvalue weighted by molar-refractivity contribution is 7.92. The highest BCUT2D eigenvalue weighted by Crippen LogP contribution is 2.40. The van der Waals surface area contributed by atoms with Gasteiger partial charge >= 0.3 is 6.09 Å². The minimum atomic E-state index is -3.56. The van der Waals surface area contributed by atoms with Crippen molar-refractivity contribution in [3.63, 3.8) is 0 Å². The lowest BCUT2D eigenvalue weighted by molar-refractivity contribution is 0.109. The SMILES string of the molecule is Cc1cc(Nc2ccc(-c3cnc(C4CCC(NC(=O)OC(C)C)CC4)s3)c(S(=O)(=O)C(C)C)c2)nn1C. The Morgan fingerprint density at radius 3 is 2.45 bits per heavy atom. The van der Waals surface area contributed by atoms with Gasteiger partial charge < -0.3 is 15.4 Å². The van der Waals surface area contributed by atoms with E-state index in [0.717, 1.165) is 41.3 Å². The van der Waals surface area contributed by atoms with Crippen molar-refractivity contribution in [2.24, 2.45) is 7.05 Å². The zero-order chi connectivity index (χ0) is 27.6. The van der Waals surface area contributed by atoms with E-state index in [2.05, 4.69) is 15.7 Å². The fourth-order valence-electron chi connectivity index (χ4n) is 4.56. The average molecular weight is 560 g/mol. The number of carbonyl (C=O) groups excluding carboxylic acids is 1. The standard InChI is InChI=1S/C27H37N5O4S2/c1-16(2)36-27(33)30-20-9-7-19(8-10-20)26-28-15-23(37-26)22-12-11-21(14-24(22)38(34,35)17(3)4)29-25-13-18(5)32(6)31-25/h11-17,19-20H,7-10H2,1-6H3,(H,29,31)(H,30,33). The summed E-state index contributed by atoms with van der Waals surface area (Å²) in [6.45, 7) is 9.02. The third kappa shape index (κ3) is 6.37. The van der Waals surface area contributed by atoms with E-state index < -0.39 is 15.1 Å². The van der Waals surface area contributed by atoms with Crippen LogP contribution in [-0.2, 0) is 21.6 Å². The van der Waals surface area contributed by atoms with E-state index >= 15 is 0 Å². The van der Waals surface area contributed by atoms with Gasteiger partial charge in [0.1, 0.15) is 0 Å². The Morgan fingerprint density at radius 1 is 1.13 bits per heavy atom. The molecule has 0 spiro atoms. The topological polar surface area (TPSA) is 115 Å². The second kappa shape index (κ2) is 11.4. The highest BCUT2D eigenvalue weighted by atomic mass is 32.2. The largest absolute Gasteiger partial charge is 0.447 e. The number of alkyl carbamates (subject to hydrolysis) is 1. The first-order chi connectivity index (χ1) is 17.9. The van der Waals surface area contributed by atoms with Crippen LogP contribution in [0.3, 0.4) is 0 Å². The number of ether oxygens (including phenoxy) is 1. The van der Waals surface area contributed by atoms with E-state index in [0.29, 0.717) is 17.1 Å². The predicted octanol–water partition coefficient (Wildman–Crippen LogP) is 5.94. The van der Waals surface area contributed by atoms with Crippen molar-refractivity contribution in [2.45, 2.75) is 88.5 Å². The molecule has 3 aromatic rings. The highest BCUT2D eigenvalue weighted by Gasteiger charge is 2.28. The molecule has 0 aliphatic heterocycles. The fourth-order valence-corrected chi connectivity index (χ4v) is 7.04. The number of nitrogens with zero attached hydrogens (tertiary/aromatic N) is 3. The molecule has 11 heteroatoms. The third-order valence-corrected chi connectivity index (χ3v) is 10.2. The molecule has 9 nitrogen and oxygen atoms in total. The minimum absolute atomic E-state index is 0.0997. The summed E-state index contributed by atoms with van der Waals surface area (Å²) in [5.74, 6) is 0.944. The number of rotatable bonds is 8. The molecule has 4 rings (SSSR count). The summed E-state index contributed by atoms with van der Waals surface area (Å²) in [7, 11) is -1.69. The molecule has 206 valence electrons. The average Bonchev–Trinajstić information content (AvgIpc) is 3.45. The monoisotopic (exact) mass is 559 g/mol. The molecule has 2 heterocycles. The van der Waals surface area contributed by atoms with Crippen molar-refractivity contribution in [1.82, 2.24) is 20.1 Å². The van der Waals surface area contributed by atoms with Crippen LogP contribution in [0, 0.1) is 6.92 Å². The summed E-state index contributed by atoms with van der Waals surface area (Å²) >= 11 is 1.55. The number of thiazole rings is 1. The van der Waals surface area contributed by atoms with E-state index in [9.17, 15) is 13.2 Å². The number of nitrogens with one attached hydrogen (secondary N) is 2. The van der Waals surface area contributed by atoms with E-state index in [1.807, 2.05) is 46.0 Å². The number of benzene rings is 1. The Bertz CT molecular complexity index is 1370. The van der Waals surface area contributed by atoms with E-state index in [4.69, 9.17) is 9.72 Å². The zero-order valence-electron chi connectivity index (χ0n) is 22.8. The Hall–Kier alpha value is -2.92. The summed E-state index contributed by atoms with van der Waals surface area (Å²) in [5, 5.41) is 11.0. The number of aryl methyl sites for hydroxylation is 2. The number of hydrogen-bond donors (Lipinski definition) is 2. The number of aromatic nitrogens is 3. The predicted molar refractivity (Wildman–Crippen MR) is 151 cm³/mol. The fraction of sp³-hybridized carbons (Fsp3) is 0.519. The van der Waals surface area contributed by atoms with Crippen LogP contribution < -0.4 is 10.6 Å². The molecule has 0 radical (unpaired) electrons. The maximum atomic E-state index is 13.4. The lowest BCUT2D eigenvalue weighted by Gasteiger charge is -2.28. The van der Waals surface area contributed by atoms with Crippen LogP contribution in [-0.4, -0.2) is 46.7 Å². The van der Waals surface area contributed by atoms with E-state index in [1.54, 1.807) is 42.1 Å². The van der Waals surface area contributed by atoms with Gasteiger partial charge in [-0.05, 0) is 72.4 Å². The van der Waals surface area contributed by atoms with Crippen molar-refractivity contribution in [3.8, 4) is 10.4 Å². The molecular formula is C27H37N5O4S2. The molecule has 0 atom stereocenters. The molecule has 2 N–H and O–H groups in total. The van der Waals surface area contributed by atoms with Crippen LogP contribution in [0.25, 0.3) is 10.4 Å². The van der Waals surface area contributed by atoms with Gasteiger partial charge in [-0.2, -0.15) is 5.10 Å². The van der Waals surface area contributed by atoms with Gasteiger partial charge in [0.2, 0.25) is 0 Å². The summed E-state index contributed by atoms with van der Waals surface area (Å²) < 4.78 is 33.7. The molecule has 38 heavy (non-hydrogen) atoms. The molecule has 1 aliphatic carbocycles. The van der Waals surface area contributed by atoms with Crippen molar-refractivity contribution < 1.29 is 17.9 Å². The first kappa shape index (κ1) is 28.1. The smallest absolute Gasteiger partial charge is 0.407 e. The molecule has 1 aromatic carbocycles. The summed E-state index contributed by atoms with van der Waals surface area (Å²) in [6.07, 6.45) is 4.80. The summed E-state index contributed by atoms with van der Waals surface area (Å²) in [6, 6.07) is 7.44. The Kier molecular flexibility index (Phi) is 8.46. The molecule has 1 fully saturated rings. The molecule has 0 unspecified atom stereocenters. The maximum absolute atomic E-state index is 13.4. The van der Waals surface area contributed by atoms with Gasteiger partial charge in [0.15, 0.2) is 15.7 Å². The lowest BCUT2D eigenvalue weighted by Crippen LogP contribution is -2.38. The quantitative estimate of drug-likeness (QED) is 0.351. The molecule has 2 aromatic heterocycles. The van der Waals surface area contributed by atoms with Crippen molar-refractivity contribution in [3.05, 3.63) is 41.2 Å². The van der Waals surface area contributed by atoms with Gasteiger partial charge in [0, 0.05) is 48.2 Å². The lowest BCUT2D eigenvalue weighted by atomic mass is 9.86. The molecule has 1 amide bonds. The molecule has 1 saturated carbocycles. The second-order valence-corrected chi connectivity index (χ2v) is 14.0. The van der Waals surface area contributed by atoms with Crippen molar-refractivity contribution in [2.75, 3.05) is 5.32 Å². The van der Waals surface area contributed by atoms with Gasteiger partial charge in [-0.25, -0.2) is 18.2 Å². The first-order valence-corrected chi connectivity index (χ1v) is 15.4. The molecular weight excluding hydrogens is 522 g/mol. The van der Waals surface area contributed by atoms with Gasteiger partial charge in [0.05, 0.1) is 26.1 Å². The van der Waals surface area contributed by atoms with Gasteiger partial charge in [-0.15, -0.1) is 11.3 Å². The van der Waals surface area contributed by atoms with Crippen molar-refractivity contribution >= 4 is 38.8 Å². The molecule has 1 aliphatic rings. The van der Waals surface area contributed by atoms with E-state index in [1.165, 1.54) is 0 Å². The number of hydrogen-bond acceptors (Lipinski definition) is 8.